The predicted molar refractivity (Wildman–Crippen MR) is 52.5 cm³/mol. The second-order valence-electron chi connectivity index (χ2n) is 5.19. The Kier molecular flexibility index (Phi) is 2.15. The standard InChI is InChI=1S/C11H19F2N/c1-4-9-5-10(6-11(10,12)13)7-14(9)8(2)3/h8-9H,4-7H2,1-3H3/t9-,10?/m1/s1. The van der Waals surface area contributed by atoms with Crippen molar-refractivity contribution in [3.05, 3.63) is 0 Å². The Balaban J connectivity index is 2.10. The van der Waals surface area contributed by atoms with E-state index in [1.807, 2.05) is 0 Å². The van der Waals surface area contributed by atoms with E-state index >= 15 is 0 Å². The fourth-order valence-corrected chi connectivity index (χ4v) is 2.87. The summed E-state index contributed by atoms with van der Waals surface area (Å²) in [4.78, 5) is 2.25. The molecule has 0 amide bonds. The Hall–Kier alpha value is -0.180. The molecule has 1 aliphatic carbocycles. The highest BCUT2D eigenvalue weighted by molar-refractivity contribution is 5.16. The zero-order valence-electron chi connectivity index (χ0n) is 9.19. The minimum Gasteiger partial charge on any atom is -0.297 e. The van der Waals surface area contributed by atoms with Crippen LogP contribution in [0.1, 0.15) is 40.0 Å². The first-order valence-electron chi connectivity index (χ1n) is 5.55. The van der Waals surface area contributed by atoms with Crippen LogP contribution in [0.25, 0.3) is 0 Å². The molecule has 82 valence electrons. The number of nitrogens with zero attached hydrogens (tertiary/aromatic N) is 1. The maximum Gasteiger partial charge on any atom is 0.255 e. The van der Waals surface area contributed by atoms with E-state index in [2.05, 4.69) is 25.7 Å². The molecular formula is C11H19F2N. The van der Waals surface area contributed by atoms with Crippen LogP contribution in [0.2, 0.25) is 0 Å². The molecule has 2 aliphatic rings. The van der Waals surface area contributed by atoms with Gasteiger partial charge in [-0.1, -0.05) is 6.92 Å². The molecule has 0 aromatic carbocycles. The number of rotatable bonds is 2. The Morgan fingerprint density at radius 1 is 1.43 bits per heavy atom. The SMILES string of the molecule is CC[C@@H]1CC2(CN1C(C)C)CC2(F)F. The molecule has 1 saturated carbocycles. The Morgan fingerprint density at radius 3 is 2.29 bits per heavy atom. The van der Waals surface area contributed by atoms with Crippen LogP contribution in [0.15, 0.2) is 0 Å². The molecule has 0 N–H and O–H groups in total. The van der Waals surface area contributed by atoms with Crippen LogP contribution in [0.4, 0.5) is 8.78 Å². The topological polar surface area (TPSA) is 3.24 Å². The number of halogens is 2. The highest BCUT2D eigenvalue weighted by Crippen LogP contribution is 2.66. The van der Waals surface area contributed by atoms with Crippen LogP contribution in [-0.2, 0) is 0 Å². The fraction of sp³-hybridized carbons (Fsp3) is 1.00. The van der Waals surface area contributed by atoms with Crippen molar-refractivity contribution >= 4 is 0 Å². The molecule has 0 aromatic rings. The van der Waals surface area contributed by atoms with E-state index in [1.165, 1.54) is 0 Å². The van der Waals surface area contributed by atoms with Gasteiger partial charge in [0.2, 0.25) is 0 Å². The first-order valence-corrected chi connectivity index (χ1v) is 5.55. The molecule has 0 bridgehead atoms. The monoisotopic (exact) mass is 203 g/mol. The summed E-state index contributed by atoms with van der Waals surface area (Å²) < 4.78 is 26.4. The molecule has 2 atom stereocenters. The maximum absolute atomic E-state index is 13.2. The molecule has 0 aromatic heterocycles. The van der Waals surface area contributed by atoms with Crippen molar-refractivity contribution in [2.45, 2.75) is 58.0 Å². The van der Waals surface area contributed by atoms with Crippen LogP contribution in [0.3, 0.4) is 0 Å². The van der Waals surface area contributed by atoms with Gasteiger partial charge in [0.25, 0.3) is 5.92 Å². The quantitative estimate of drug-likeness (QED) is 0.667. The molecule has 1 saturated heterocycles. The highest BCUT2D eigenvalue weighted by atomic mass is 19.3. The predicted octanol–water partition coefficient (Wildman–Crippen LogP) is 2.90. The molecular weight excluding hydrogens is 184 g/mol. The van der Waals surface area contributed by atoms with E-state index in [4.69, 9.17) is 0 Å². The lowest BCUT2D eigenvalue weighted by molar-refractivity contribution is 0.0649. The molecule has 0 radical (unpaired) electrons. The normalized spacial score (nSPS) is 41.1. The third-order valence-corrected chi connectivity index (χ3v) is 3.93. The molecule has 1 heterocycles. The van der Waals surface area contributed by atoms with E-state index in [9.17, 15) is 8.78 Å². The summed E-state index contributed by atoms with van der Waals surface area (Å²) in [5.41, 5.74) is -0.641. The summed E-state index contributed by atoms with van der Waals surface area (Å²) >= 11 is 0. The van der Waals surface area contributed by atoms with E-state index in [0.717, 1.165) is 6.42 Å². The average molecular weight is 203 g/mol. The summed E-state index contributed by atoms with van der Waals surface area (Å²) in [5.74, 6) is -2.37. The maximum atomic E-state index is 13.2. The Labute approximate surface area is 84.5 Å². The van der Waals surface area contributed by atoms with Gasteiger partial charge in [0, 0.05) is 25.0 Å². The Bertz CT molecular complexity index is 239. The van der Waals surface area contributed by atoms with Gasteiger partial charge < -0.3 is 0 Å². The summed E-state index contributed by atoms with van der Waals surface area (Å²) in [6.45, 7) is 6.90. The van der Waals surface area contributed by atoms with Gasteiger partial charge in [-0.15, -0.1) is 0 Å². The zero-order chi connectivity index (χ0) is 10.6. The van der Waals surface area contributed by atoms with E-state index < -0.39 is 11.3 Å². The van der Waals surface area contributed by atoms with Gasteiger partial charge in [0.1, 0.15) is 0 Å². The second-order valence-corrected chi connectivity index (χ2v) is 5.19. The van der Waals surface area contributed by atoms with Crippen molar-refractivity contribution < 1.29 is 8.78 Å². The van der Waals surface area contributed by atoms with Crippen molar-refractivity contribution in [2.24, 2.45) is 5.41 Å². The van der Waals surface area contributed by atoms with Gasteiger partial charge in [0.15, 0.2) is 0 Å². The van der Waals surface area contributed by atoms with Gasteiger partial charge in [-0.05, 0) is 26.7 Å². The smallest absolute Gasteiger partial charge is 0.255 e. The summed E-state index contributed by atoms with van der Waals surface area (Å²) in [6.07, 6.45) is 1.82. The minimum absolute atomic E-state index is 0.125. The lowest BCUT2D eigenvalue weighted by Gasteiger charge is -2.27. The molecule has 1 nitrogen and oxygen atoms in total. The molecule has 1 spiro atoms. The average Bonchev–Trinajstić information content (AvgIpc) is 2.45. The third-order valence-electron chi connectivity index (χ3n) is 3.93. The Morgan fingerprint density at radius 2 is 2.00 bits per heavy atom. The first kappa shape index (κ1) is 10.3. The highest BCUT2D eigenvalue weighted by Gasteiger charge is 2.73. The number of hydrogen-bond donors (Lipinski definition) is 0. The van der Waals surface area contributed by atoms with Gasteiger partial charge in [0.05, 0.1) is 5.41 Å². The molecule has 2 rings (SSSR count). The van der Waals surface area contributed by atoms with Crippen molar-refractivity contribution in [3.8, 4) is 0 Å². The summed E-state index contributed by atoms with van der Waals surface area (Å²) in [7, 11) is 0. The van der Waals surface area contributed by atoms with Crippen molar-refractivity contribution in [1.29, 1.82) is 0 Å². The number of alkyl halides is 2. The fourth-order valence-electron chi connectivity index (χ4n) is 2.87. The van der Waals surface area contributed by atoms with Crippen molar-refractivity contribution in [2.75, 3.05) is 6.54 Å². The van der Waals surface area contributed by atoms with Gasteiger partial charge >= 0.3 is 0 Å². The molecule has 14 heavy (non-hydrogen) atoms. The molecule has 3 heteroatoms. The zero-order valence-corrected chi connectivity index (χ0v) is 9.19. The van der Waals surface area contributed by atoms with Crippen LogP contribution < -0.4 is 0 Å². The number of likely N-dealkylation sites (tertiary alicyclic amines) is 1. The minimum atomic E-state index is -2.37. The lowest BCUT2D eigenvalue weighted by atomic mass is 10.0. The second kappa shape index (κ2) is 2.91. The van der Waals surface area contributed by atoms with E-state index in [-0.39, 0.29) is 6.42 Å². The van der Waals surface area contributed by atoms with Crippen molar-refractivity contribution in [1.82, 2.24) is 4.90 Å². The molecule has 1 aliphatic heterocycles. The van der Waals surface area contributed by atoms with Gasteiger partial charge in [-0.3, -0.25) is 4.90 Å². The first-order chi connectivity index (χ1) is 6.42. The van der Waals surface area contributed by atoms with Crippen molar-refractivity contribution in [3.63, 3.8) is 0 Å². The molecule has 1 unspecified atom stereocenters. The van der Waals surface area contributed by atoms with Crippen LogP contribution in [-0.4, -0.2) is 29.5 Å². The third kappa shape index (κ3) is 1.28. The van der Waals surface area contributed by atoms with E-state index in [0.29, 0.717) is 25.0 Å². The van der Waals surface area contributed by atoms with E-state index in [1.54, 1.807) is 0 Å². The van der Waals surface area contributed by atoms with Crippen LogP contribution >= 0.6 is 0 Å². The number of hydrogen-bond acceptors (Lipinski definition) is 1. The largest absolute Gasteiger partial charge is 0.297 e. The summed E-state index contributed by atoms with van der Waals surface area (Å²) in [5, 5.41) is 0. The summed E-state index contributed by atoms with van der Waals surface area (Å²) in [6, 6.07) is 0.777. The van der Waals surface area contributed by atoms with Gasteiger partial charge in [-0.25, -0.2) is 8.78 Å². The van der Waals surface area contributed by atoms with Crippen LogP contribution in [0, 0.1) is 5.41 Å². The lowest BCUT2D eigenvalue weighted by Crippen LogP contribution is -2.35. The van der Waals surface area contributed by atoms with Crippen LogP contribution in [0.5, 0.6) is 0 Å². The molecule has 2 fully saturated rings. The van der Waals surface area contributed by atoms with Gasteiger partial charge in [-0.2, -0.15) is 0 Å².